The lowest BCUT2D eigenvalue weighted by Gasteiger charge is -2.17. The average molecular weight is 541 g/mol. The Kier molecular flexibility index (Phi) is 6.84. The number of carbonyl (C=O) groups is 1. The zero-order valence-electron chi connectivity index (χ0n) is 18.8. The molecule has 0 spiro atoms. The topological polar surface area (TPSA) is 76.7 Å². The SMILES string of the molecule is Cc1cccc(CN2C(=O)CS/C2=N\c2cc(-n3c(=O)cc(C(F)(F)F)n(C)c3=O)c(F)cc2Cl)c1. The number of rotatable bonds is 4. The van der Waals surface area contributed by atoms with Crippen LogP contribution >= 0.6 is 23.4 Å². The van der Waals surface area contributed by atoms with Crippen molar-refractivity contribution < 1.29 is 22.4 Å². The van der Waals surface area contributed by atoms with E-state index >= 15 is 0 Å². The van der Waals surface area contributed by atoms with E-state index in [1.165, 1.54) is 4.90 Å². The van der Waals surface area contributed by atoms with Crippen LogP contribution in [0.15, 0.2) is 57.0 Å². The normalized spacial score (nSPS) is 15.2. The van der Waals surface area contributed by atoms with Crippen LogP contribution in [-0.2, 0) is 24.6 Å². The Morgan fingerprint density at radius 2 is 1.83 bits per heavy atom. The minimum Gasteiger partial charge on any atom is -0.292 e. The second kappa shape index (κ2) is 9.58. The summed E-state index contributed by atoms with van der Waals surface area (Å²) in [5.41, 5.74) is -3.11. The van der Waals surface area contributed by atoms with Gasteiger partial charge in [0.05, 0.1) is 28.7 Å². The lowest BCUT2D eigenvalue weighted by molar-refractivity contribution is -0.144. The number of aliphatic imine (C=N–C) groups is 1. The molecular weight excluding hydrogens is 524 g/mol. The second-order valence-electron chi connectivity index (χ2n) is 7.95. The van der Waals surface area contributed by atoms with Gasteiger partial charge in [-0.1, -0.05) is 53.2 Å². The van der Waals surface area contributed by atoms with Crippen molar-refractivity contribution in [2.24, 2.45) is 12.0 Å². The number of aromatic nitrogens is 2. The van der Waals surface area contributed by atoms with Crippen molar-refractivity contribution in [3.63, 3.8) is 0 Å². The molecule has 0 unspecified atom stereocenters. The number of benzene rings is 2. The zero-order chi connectivity index (χ0) is 26.4. The third kappa shape index (κ3) is 4.96. The van der Waals surface area contributed by atoms with Crippen molar-refractivity contribution in [2.75, 3.05) is 5.75 Å². The average Bonchev–Trinajstić information content (AvgIpc) is 3.12. The Morgan fingerprint density at radius 1 is 1.11 bits per heavy atom. The molecule has 36 heavy (non-hydrogen) atoms. The molecule has 0 N–H and O–H groups in total. The molecule has 0 atom stereocenters. The Morgan fingerprint density at radius 3 is 2.50 bits per heavy atom. The van der Waals surface area contributed by atoms with Gasteiger partial charge in [-0.05, 0) is 24.6 Å². The Hall–Kier alpha value is -3.38. The quantitative estimate of drug-likeness (QED) is 0.459. The number of carbonyl (C=O) groups excluding carboxylic acids is 1. The van der Waals surface area contributed by atoms with E-state index in [0.717, 1.165) is 42.1 Å². The molecule has 0 saturated carbocycles. The molecule has 188 valence electrons. The summed E-state index contributed by atoms with van der Waals surface area (Å²) in [5, 5.41) is 0.0737. The van der Waals surface area contributed by atoms with Gasteiger partial charge in [-0.15, -0.1) is 0 Å². The molecular formula is C23H17ClF4N4O3S. The summed E-state index contributed by atoms with van der Waals surface area (Å²) in [6.07, 6.45) is -4.96. The van der Waals surface area contributed by atoms with E-state index in [-0.39, 0.29) is 49.3 Å². The lowest BCUT2D eigenvalue weighted by Crippen LogP contribution is -2.41. The first-order valence-corrected chi connectivity index (χ1v) is 11.7. The fourth-order valence-electron chi connectivity index (χ4n) is 3.64. The molecule has 0 radical (unpaired) electrons. The number of amidine groups is 1. The number of hydrogen-bond acceptors (Lipinski definition) is 5. The van der Waals surface area contributed by atoms with Crippen LogP contribution in [0.2, 0.25) is 5.02 Å². The Labute approximate surface area is 210 Å². The largest absolute Gasteiger partial charge is 0.431 e. The first-order chi connectivity index (χ1) is 16.9. The molecule has 7 nitrogen and oxygen atoms in total. The van der Waals surface area contributed by atoms with E-state index in [1.54, 1.807) is 0 Å². The van der Waals surface area contributed by atoms with Crippen LogP contribution in [0.5, 0.6) is 0 Å². The summed E-state index contributed by atoms with van der Waals surface area (Å²) < 4.78 is 54.7. The summed E-state index contributed by atoms with van der Waals surface area (Å²) in [7, 11) is 0.819. The highest BCUT2D eigenvalue weighted by Gasteiger charge is 2.35. The summed E-state index contributed by atoms with van der Waals surface area (Å²) in [5.74, 6) is -1.23. The zero-order valence-corrected chi connectivity index (χ0v) is 20.3. The minimum atomic E-state index is -4.96. The number of halogens is 5. The Balaban J connectivity index is 1.80. The van der Waals surface area contributed by atoms with Crippen LogP contribution in [-0.4, -0.2) is 30.9 Å². The Bertz CT molecular complexity index is 1530. The highest BCUT2D eigenvalue weighted by molar-refractivity contribution is 8.15. The third-order valence-corrected chi connectivity index (χ3v) is 6.63. The van der Waals surface area contributed by atoms with E-state index in [9.17, 15) is 31.9 Å². The number of aryl methyl sites for hydroxylation is 1. The van der Waals surface area contributed by atoms with Gasteiger partial charge in [-0.25, -0.2) is 18.7 Å². The maximum atomic E-state index is 14.8. The summed E-state index contributed by atoms with van der Waals surface area (Å²) >= 11 is 7.27. The molecule has 1 amide bonds. The fourth-order valence-corrected chi connectivity index (χ4v) is 4.72. The molecule has 13 heteroatoms. The van der Waals surface area contributed by atoms with Gasteiger partial charge < -0.3 is 0 Å². The van der Waals surface area contributed by atoms with E-state index in [2.05, 4.69) is 4.99 Å². The van der Waals surface area contributed by atoms with Gasteiger partial charge in [0, 0.05) is 13.1 Å². The molecule has 1 aliphatic rings. The number of hydrogen-bond donors (Lipinski definition) is 0. The van der Waals surface area contributed by atoms with E-state index in [0.29, 0.717) is 0 Å². The standard InChI is InChI=1S/C23H17ClF4N4O3S/c1-12-4-3-5-13(6-12)10-31-20(34)11-36-21(31)29-16-8-17(15(25)7-14(16)24)32-19(33)9-18(23(26,27)28)30(2)22(32)35/h3-9H,10-11H2,1-2H3/b29-21-. The van der Waals surface area contributed by atoms with Gasteiger partial charge in [0.15, 0.2) is 5.17 Å². The van der Waals surface area contributed by atoms with Crippen molar-refractivity contribution in [3.8, 4) is 5.69 Å². The maximum absolute atomic E-state index is 14.8. The third-order valence-electron chi connectivity index (χ3n) is 5.36. The molecule has 0 bridgehead atoms. The highest BCUT2D eigenvalue weighted by atomic mass is 35.5. The van der Waals surface area contributed by atoms with Crippen LogP contribution in [0, 0.1) is 12.7 Å². The van der Waals surface area contributed by atoms with Crippen LogP contribution in [0.1, 0.15) is 16.8 Å². The van der Waals surface area contributed by atoms with Crippen LogP contribution < -0.4 is 11.2 Å². The number of nitrogens with zero attached hydrogens (tertiary/aromatic N) is 4. The van der Waals surface area contributed by atoms with Crippen LogP contribution in [0.4, 0.5) is 23.2 Å². The molecule has 1 fully saturated rings. The van der Waals surface area contributed by atoms with Crippen LogP contribution in [0.3, 0.4) is 0 Å². The predicted molar refractivity (Wildman–Crippen MR) is 129 cm³/mol. The second-order valence-corrected chi connectivity index (χ2v) is 9.30. The molecule has 1 aromatic heterocycles. The molecule has 1 saturated heterocycles. The first-order valence-electron chi connectivity index (χ1n) is 10.3. The van der Waals surface area contributed by atoms with Crippen molar-refractivity contribution in [3.05, 3.63) is 91.0 Å². The number of alkyl halides is 3. The van der Waals surface area contributed by atoms with Crippen LogP contribution in [0.25, 0.3) is 5.69 Å². The van der Waals surface area contributed by atoms with Gasteiger partial charge in [0.25, 0.3) is 5.56 Å². The monoisotopic (exact) mass is 540 g/mol. The van der Waals surface area contributed by atoms with Gasteiger partial charge in [-0.3, -0.25) is 19.1 Å². The molecule has 3 aromatic rings. The van der Waals surface area contributed by atoms with Gasteiger partial charge in [-0.2, -0.15) is 13.2 Å². The molecule has 1 aliphatic heterocycles. The van der Waals surface area contributed by atoms with Gasteiger partial charge >= 0.3 is 11.9 Å². The van der Waals surface area contributed by atoms with Gasteiger partial charge in [0.1, 0.15) is 11.5 Å². The maximum Gasteiger partial charge on any atom is 0.431 e. The number of thioether (sulfide) groups is 1. The molecule has 2 heterocycles. The van der Waals surface area contributed by atoms with Crippen molar-refractivity contribution in [1.29, 1.82) is 0 Å². The van der Waals surface area contributed by atoms with E-state index < -0.39 is 34.6 Å². The van der Waals surface area contributed by atoms with E-state index in [4.69, 9.17) is 11.6 Å². The first kappa shape index (κ1) is 25.7. The molecule has 4 rings (SSSR count). The smallest absolute Gasteiger partial charge is 0.292 e. The molecule has 2 aromatic carbocycles. The summed E-state index contributed by atoms with van der Waals surface area (Å²) in [6, 6.07) is 9.49. The lowest BCUT2D eigenvalue weighted by atomic mass is 10.1. The highest BCUT2D eigenvalue weighted by Crippen LogP contribution is 2.33. The minimum absolute atomic E-state index is 0.0756. The van der Waals surface area contributed by atoms with Crippen molar-refractivity contribution in [2.45, 2.75) is 19.6 Å². The van der Waals surface area contributed by atoms with Crippen molar-refractivity contribution >= 4 is 40.1 Å². The van der Waals surface area contributed by atoms with Crippen molar-refractivity contribution in [1.82, 2.24) is 14.0 Å². The fraction of sp³-hybridized carbons (Fsp3) is 0.217. The summed E-state index contributed by atoms with van der Waals surface area (Å²) in [4.78, 5) is 43.3. The number of amides is 1. The predicted octanol–water partition coefficient (Wildman–Crippen LogP) is 4.42. The molecule has 0 aliphatic carbocycles. The van der Waals surface area contributed by atoms with Gasteiger partial charge in [0.2, 0.25) is 5.91 Å². The van der Waals surface area contributed by atoms with E-state index in [1.807, 2.05) is 31.2 Å². The summed E-state index contributed by atoms with van der Waals surface area (Å²) in [6.45, 7) is 2.13.